The molecule has 1 amide bonds. The number of carbonyl (C=O) groups is 1. The van der Waals surface area contributed by atoms with Crippen LogP contribution in [0.1, 0.15) is 31.9 Å². The molecule has 0 aliphatic carbocycles. The van der Waals surface area contributed by atoms with Crippen LogP contribution in [-0.2, 0) is 27.8 Å². The number of hydrogen-bond acceptors (Lipinski definition) is 3. The fraction of sp³-hybridized carbons (Fsp3) is 0.400. The molecule has 0 spiro atoms. The minimum absolute atomic E-state index is 0.163. The van der Waals surface area contributed by atoms with Crippen LogP contribution in [0.15, 0.2) is 47.6 Å². The van der Waals surface area contributed by atoms with Gasteiger partial charge in [0.25, 0.3) is 5.91 Å². The highest BCUT2D eigenvalue weighted by Gasteiger charge is 2.24. The number of carbonyl (C=O) groups excluding carboxylic acids is 1. The number of sulfonamides is 1. The number of pyridine rings is 1. The standard InChI is InChI=1S/C20H27N3O3S/c1-5-17-10-12-22(13-11-17)15-20(24)21-18-9-8-16(4)19(14-18)27(25,26)23(6-2)7-3/h8-14H,5-7,15H2,1-4H3/p+1. The van der Waals surface area contributed by atoms with Gasteiger partial charge in [-0.15, -0.1) is 0 Å². The summed E-state index contributed by atoms with van der Waals surface area (Å²) in [6.45, 7) is 8.42. The quantitative estimate of drug-likeness (QED) is 0.704. The number of benzene rings is 1. The Hall–Kier alpha value is -2.25. The van der Waals surface area contributed by atoms with Crippen molar-refractivity contribution in [3.63, 3.8) is 0 Å². The summed E-state index contributed by atoms with van der Waals surface area (Å²) in [5.74, 6) is -0.209. The summed E-state index contributed by atoms with van der Waals surface area (Å²) in [6, 6.07) is 8.93. The molecule has 27 heavy (non-hydrogen) atoms. The Labute approximate surface area is 161 Å². The Morgan fingerprint density at radius 3 is 2.26 bits per heavy atom. The second-order valence-electron chi connectivity index (χ2n) is 6.35. The molecule has 2 rings (SSSR count). The van der Waals surface area contributed by atoms with E-state index in [0.717, 1.165) is 6.42 Å². The lowest BCUT2D eigenvalue weighted by molar-refractivity contribution is -0.684. The van der Waals surface area contributed by atoms with Gasteiger partial charge >= 0.3 is 0 Å². The van der Waals surface area contributed by atoms with Crippen molar-refractivity contribution >= 4 is 21.6 Å². The lowest BCUT2D eigenvalue weighted by Crippen LogP contribution is -2.39. The van der Waals surface area contributed by atoms with Gasteiger partial charge in [0.05, 0.1) is 4.90 Å². The summed E-state index contributed by atoms with van der Waals surface area (Å²) in [7, 11) is -3.58. The van der Waals surface area contributed by atoms with Crippen LogP contribution in [0.2, 0.25) is 0 Å². The molecule has 0 atom stereocenters. The molecule has 146 valence electrons. The molecule has 0 aliphatic rings. The number of hydrogen-bond donors (Lipinski definition) is 1. The van der Waals surface area contributed by atoms with E-state index < -0.39 is 10.0 Å². The fourth-order valence-corrected chi connectivity index (χ4v) is 4.56. The van der Waals surface area contributed by atoms with E-state index in [2.05, 4.69) is 12.2 Å². The minimum Gasteiger partial charge on any atom is -0.321 e. The molecule has 1 N–H and O–H groups in total. The Morgan fingerprint density at radius 2 is 1.70 bits per heavy atom. The van der Waals surface area contributed by atoms with E-state index in [4.69, 9.17) is 0 Å². The first kappa shape index (κ1) is 21.1. The SMILES string of the molecule is CCc1cc[n+](CC(=O)Nc2ccc(C)c(S(=O)(=O)N(CC)CC)c2)cc1. The molecular weight excluding hydrogens is 362 g/mol. The molecule has 0 unspecified atom stereocenters. The van der Waals surface area contributed by atoms with Gasteiger partial charge in [-0.2, -0.15) is 8.87 Å². The molecule has 6 nitrogen and oxygen atoms in total. The van der Waals surface area contributed by atoms with Crippen molar-refractivity contribution in [1.82, 2.24) is 4.31 Å². The van der Waals surface area contributed by atoms with Crippen molar-refractivity contribution in [3.8, 4) is 0 Å². The summed E-state index contributed by atoms with van der Waals surface area (Å²) in [4.78, 5) is 12.6. The molecule has 2 aromatic rings. The lowest BCUT2D eigenvalue weighted by Gasteiger charge is -2.20. The molecule has 0 saturated carbocycles. The van der Waals surface area contributed by atoms with Crippen LogP contribution >= 0.6 is 0 Å². The maximum atomic E-state index is 12.8. The van der Waals surface area contributed by atoms with Crippen LogP contribution in [0.4, 0.5) is 5.69 Å². The molecule has 1 heterocycles. The molecule has 0 saturated heterocycles. The van der Waals surface area contributed by atoms with E-state index >= 15 is 0 Å². The normalized spacial score (nSPS) is 11.6. The van der Waals surface area contributed by atoms with E-state index in [1.807, 2.05) is 38.4 Å². The third kappa shape index (κ3) is 5.14. The second-order valence-corrected chi connectivity index (χ2v) is 8.26. The van der Waals surface area contributed by atoms with Gasteiger partial charge in [-0.05, 0) is 36.6 Å². The Kier molecular flexibility index (Phi) is 7.10. The van der Waals surface area contributed by atoms with E-state index in [1.54, 1.807) is 23.6 Å². The summed E-state index contributed by atoms with van der Waals surface area (Å²) in [5, 5.41) is 2.79. The van der Waals surface area contributed by atoms with Gasteiger partial charge in [0.15, 0.2) is 12.4 Å². The predicted molar refractivity (Wildman–Crippen MR) is 106 cm³/mol. The molecular formula is C20H28N3O3S+. The van der Waals surface area contributed by atoms with Crippen molar-refractivity contribution in [2.75, 3.05) is 18.4 Å². The number of anilines is 1. The third-order valence-electron chi connectivity index (χ3n) is 4.49. The Bertz CT molecular complexity index is 889. The zero-order valence-electron chi connectivity index (χ0n) is 16.4. The van der Waals surface area contributed by atoms with E-state index in [1.165, 1.54) is 15.9 Å². The monoisotopic (exact) mass is 390 g/mol. The Morgan fingerprint density at radius 1 is 1.07 bits per heavy atom. The lowest BCUT2D eigenvalue weighted by atomic mass is 10.2. The van der Waals surface area contributed by atoms with Crippen LogP contribution in [0.5, 0.6) is 0 Å². The van der Waals surface area contributed by atoms with Gasteiger partial charge in [0.1, 0.15) is 0 Å². The van der Waals surface area contributed by atoms with E-state index in [-0.39, 0.29) is 17.3 Å². The molecule has 0 fully saturated rings. The van der Waals surface area contributed by atoms with E-state index in [0.29, 0.717) is 24.3 Å². The summed E-state index contributed by atoms with van der Waals surface area (Å²) in [6.07, 6.45) is 4.67. The van der Waals surface area contributed by atoms with Crippen molar-refractivity contribution in [3.05, 3.63) is 53.9 Å². The molecule has 0 bridgehead atoms. The largest absolute Gasteiger partial charge is 0.321 e. The zero-order valence-corrected chi connectivity index (χ0v) is 17.2. The van der Waals surface area contributed by atoms with Gasteiger partial charge < -0.3 is 5.32 Å². The van der Waals surface area contributed by atoms with Crippen LogP contribution in [0.25, 0.3) is 0 Å². The third-order valence-corrected chi connectivity index (χ3v) is 6.68. The highest BCUT2D eigenvalue weighted by atomic mass is 32.2. The maximum Gasteiger partial charge on any atom is 0.290 e. The van der Waals surface area contributed by atoms with Crippen LogP contribution < -0.4 is 9.88 Å². The van der Waals surface area contributed by atoms with Gasteiger partial charge in [-0.25, -0.2) is 8.42 Å². The fourth-order valence-electron chi connectivity index (χ4n) is 2.85. The molecule has 7 heteroatoms. The zero-order chi connectivity index (χ0) is 20.0. The topological polar surface area (TPSA) is 70.4 Å². The summed E-state index contributed by atoms with van der Waals surface area (Å²) >= 11 is 0. The van der Waals surface area contributed by atoms with Gasteiger partial charge in [0.2, 0.25) is 16.6 Å². The summed E-state index contributed by atoms with van der Waals surface area (Å²) in [5.41, 5.74) is 2.34. The van der Waals surface area contributed by atoms with Gasteiger partial charge in [-0.3, -0.25) is 4.79 Å². The van der Waals surface area contributed by atoms with Crippen LogP contribution in [0, 0.1) is 6.92 Å². The summed E-state index contributed by atoms with van der Waals surface area (Å²) < 4.78 is 28.8. The number of nitrogens with one attached hydrogen (secondary N) is 1. The molecule has 1 aromatic carbocycles. The van der Waals surface area contributed by atoms with E-state index in [9.17, 15) is 13.2 Å². The number of aryl methyl sites for hydroxylation is 2. The Balaban J connectivity index is 2.18. The van der Waals surface area contributed by atoms with Crippen molar-refractivity contribution < 1.29 is 17.8 Å². The number of nitrogens with zero attached hydrogens (tertiary/aromatic N) is 2. The van der Waals surface area contributed by atoms with Crippen LogP contribution in [0.3, 0.4) is 0 Å². The molecule has 0 aliphatic heterocycles. The predicted octanol–water partition coefficient (Wildman–Crippen LogP) is 2.51. The maximum absolute atomic E-state index is 12.8. The number of amides is 1. The number of aromatic nitrogens is 1. The first-order valence-electron chi connectivity index (χ1n) is 9.20. The number of rotatable bonds is 8. The highest BCUT2D eigenvalue weighted by molar-refractivity contribution is 7.89. The molecule has 1 aromatic heterocycles. The van der Waals surface area contributed by atoms with Crippen LogP contribution in [-0.4, -0.2) is 31.7 Å². The molecule has 0 radical (unpaired) electrons. The van der Waals surface area contributed by atoms with Crippen molar-refractivity contribution in [2.45, 2.75) is 45.6 Å². The van der Waals surface area contributed by atoms with Gasteiger partial charge in [0, 0.05) is 30.9 Å². The van der Waals surface area contributed by atoms with Gasteiger partial charge in [-0.1, -0.05) is 26.8 Å². The minimum atomic E-state index is -3.58. The second kappa shape index (κ2) is 9.10. The average molecular weight is 391 g/mol. The first-order chi connectivity index (χ1) is 12.8. The smallest absolute Gasteiger partial charge is 0.290 e. The van der Waals surface area contributed by atoms with Crippen molar-refractivity contribution in [2.24, 2.45) is 0 Å². The van der Waals surface area contributed by atoms with Crippen molar-refractivity contribution in [1.29, 1.82) is 0 Å². The highest BCUT2D eigenvalue weighted by Crippen LogP contribution is 2.23. The average Bonchev–Trinajstić information content (AvgIpc) is 2.64. The first-order valence-corrected chi connectivity index (χ1v) is 10.6.